The van der Waals surface area contributed by atoms with Crippen LogP contribution in [0, 0.1) is 12.8 Å². The Labute approximate surface area is 90.7 Å². The zero-order valence-corrected chi connectivity index (χ0v) is 9.62. The van der Waals surface area contributed by atoms with Gasteiger partial charge < -0.3 is 10.2 Å². The van der Waals surface area contributed by atoms with E-state index < -0.39 is 0 Å². The molecule has 0 amide bonds. The zero-order chi connectivity index (χ0) is 10.8. The maximum atomic E-state index is 4.48. The van der Waals surface area contributed by atoms with Crippen LogP contribution in [0.5, 0.6) is 0 Å². The third-order valence-electron chi connectivity index (χ3n) is 2.76. The molecule has 0 saturated heterocycles. The fourth-order valence-corrected chi connectivity index (χ4v) is 1.71. The van der Waals surface area contributed by atoms with Crippen molar-refractivity contribution in [2.45, 2.75) is 19.8 Å². The zero-order valence-electron chi connectivity index (χ0n) is 9.62. The van der Waals surface area contributed by atoms with E-state index in [1.807, 2.05) is 13.2 Å². The monoisotopic (exact) mass is 206 g/mol. The van der Waals surface area contributed by atoms with E-state index in [4.69, 9.17) is 0 Å². The molecular weight excluding hydrogens is 188 g/mol. The predicted octanol–water partition coefficient (Wildman–Crippen LogP) is 1.67. The summed E-state index contributed by atoms with van der Waals surface area (Å²) in [5.41, 5.74) is 1.14. The maximum Gasteiger partial charge on any atom is 0.224 e. The molecule has 15 heavy (non-hydrogen) atoms. The first-order valence-electron chi connectivity index (χ1n) is 5.43. The highest BCUT2D eigenvalue weighted by Gasteiger charge is 2.24. The van der Waals surface area contributed by atoms with Gasteiger partial charge in [0.25, 0.3) is 0 Å². The standard InChI is InChI=1S/C11H18N4/c1-8-6-13-11(12-2)14-10(8)15(3)7-9-4-5-9/h6,9H,4-5,7H2,1-3H3,(H,12,13,14). The lowest BCUT2D eigenvalue weighted by Crippen LogP contribution is -2.22. The van der Waals surface area contributed by atoms with Crippen LogP contribution in [0.3, 0.4) is 0 Å². The molecule has 1 aromatic rings. The van der Waals surface area contributed by atoms with E-state index in [0.29, 0.717) is 5.95 Å². The number of hydrogen-bond acceptors (Lipinski definition) is 4. The second kappa shape index (κ2) is 4.04. The third kappa shape index (κ3) is 2.37. The Morgan fingerprint density at radius 2 is 2.27 bits per heavy atom. The van der Waals surface area contributed by atoms with Gasteiger partial charge in [-0.1, -0.05) is 0 Å². The lowest BCUT2D eigenvalue weighted by molar-refractivity contribution is 0.773. The quantitative estimate of drug-likeness (QED) is 0.813. The van der Waals surface area contributed by atoms with Gasteiger partial charge in [0.1, 0.15) is 5.82 Å². The lowest BCUT2D eigenvalue weighted by Gasteiger charge is -2.20. The van der Waals surface area contributed by atoms with E-state index in [1.54, 1.807) is 0 Å². The Balaban J connectivity index is 2.16. The summed E-state index contributed by atoms with van der Waals surface area (Å²) in [6, 6.07) is 0. The van der Waals surface area contributed by atoms with Gasteiger partial charge in [-0.05, 0) is 25.7 Å². The fraction of sp³-hybridized carbons (Fsp3) is 0.636. The Morgan fingerprint density at radius 3 is 2.87 bits per heavy atom. The number of nitrogens with zero attached hydrogens (tertiary/aromatic N) is 3. The van der Waals surface area contributed by atoms with Crippen molar-refractivity contribution in [2.75, 3.05) is 30.9 Å². The maximum absolute atomic E-state index is 4.48. The highest BCUT2D eigenvalue weighted by Crippen LogP contribution is 2.31. The van der Waals surface area contributed by atoms with Crippen LogP contribution in [0.4, 0.5) is 11.8 Å². The SMILES string of the molecule is CNc1ncc(C)c(N(C)CC2CC2)n1. The van der Waals surface area contributed by atoms with Gasteiger partial charge >= 0.3 is 0 Å². The Morgan fingerprint density at radius 1 is 1.53 bits per heavy atom. The molecule has 1 fully saturated rings. The van der Waals surface area contributed by atoms with Crippen molar-refractivity contribution >= 4 is 11.8 Å². The summed E-state index contributed by atoms with van der Waals surface area (Å²) in [4.78, 5) is 10.9. The second-order valence-corrected chi connectivity index (χ2v) is 4.27. The minimum atomic E-state index is 0.693. The average molecular weight is 206 g/mol. The van der Waals surface area contributed by atoms with E-state index in [0.717, 1.165) is 23.8 Å². The largest absolute Gasteiger partial charge is 0.359 e. The Bertz CT molecular complexity index is 346. The van der Waals surface area contributed by atoms with Crippen molar-refractivity contribution < 1.29 is 0 Å². The summed E-state index contributed by atoms with van der Waals surface area (Å²) in [5.74, 6) is 2.61. The van der Waals surface area contributed by atoms with Crippen molar-refractivity contribution in [1.82, 2.24) is 9.97 Å². The van der Waals surface area contributed by atoms with Crippen molar-refractivity contribution in [3.8, 4) is 0 Å². The van der Waals surface area contributed by atoms with Crippen LogP contribution < -0.4 is 10.2 Å². The topological polar surface area (TPSA) is 41.1 Å². The van der Waals surface area contributed by atoms with Crippen molar-refractivity contribution in [3.63, 3.8) is 0 Å². The number of rotatable bonds is 4. The molecule has 0 atom stereocenters. The second-order valence-electron chi connectivity index (χ2n) is 4.27. The van der Waals surface area contributed by atoms with Crippen molar-refractivity contribution in [1.29, 1.82) is 0 Å². The summed E-state index contributed by atoms with van der Waals surface area (Å²) in [7, 11) is 3.95. The van der Waals surface area contributed by atoms with E-state index in [2.05, 4.69) is 34.2 Å². The Kier molecular flexibility index (Phi) is 2.75. The van der Waals surface area contributed by atoms with Crippen LogP contribution >= 0.6 is 0 Å². The fourth-order valence-electron chi connectivity index (χ4n) is 1.71. The molecular formula is C11H18N4. The summed E-state index contributed by atoms with van der Waals surface area (Å²) >= 11 is 0. The first kappa shape index (κ1) is 10.2. The van der Waals surface area contributed by atoms with E-state index in [-0.39, 0.29) is 0 Å². The predicted molar refractivity (Wildman–Crippen MR) is 62.3 cm³/mol. The third-order valence-corrected chi connectivity index (χ3v) is 2.76. The summed E-state index contributed by atoms with van der Waals surface area (Å²) in [5, 5.41) is 2.97. The van der Waals surface area contributed by atoms with Gasteiger partial charge in [-0.25, -0.2) is 4.98 Å². The van der Waals surface area contributed by atoms with Crippen LogP contribution in [0.15, 0.2) is 6.20 Å². The van der Waals surface area contributed by atoms with Crippen LogP contribution in [-0.2, 0) is 0 Å². The van der Waals surface area contributed by atoms with Gasteiger partial charge in [0, 0.05) is 32.4 Å². The summed E-state index contributed by atoms with van der Waals surface area (Å²) < 4.78 is 0. The van der Waals surface area contributed by atoms with Crippen LogP contribution in [0.1, 0.15) is 18.4 Å². The van der Waals surface area contributed by atoms with Crippen LogP contribution in [-0.4, -0.2) is 30.6 Å². The highest BCUT2D eigenvalue weighted by atomic mass is 15.2. The van der Waals surface area contributed by atoms with Crippen LogP contribution in [0.25, 0.3) is 0 Å². The van der Waals surface area contributed by atoms with Gasteiger partial charge in [0.2, 0.25) is 5.95 Å². The van der Waals surface area contributed by atoms with Gasteiger partial charge in [-0.15, -0.1) is 0 Å². The van der Waals surface area contributed by atoms with Gasteiger partial charge in [-0.2, -0.15) is 4.98 Å². The molecule has 0 bridgehead atoms. The minimum absolute atomic E-state index is 0.693. The van der Waals surface area contributed by atoms with E-state index in [9.17, 15) is 0 Å². The molecule has 0 radical (unpaired) electrons. The Hall–Kier alpha value is -1.32. The molecule has 1 aromatic heterocycles. The first-order chi connectivity index (χ1) is 7.20. The highest BCUT2D eigenvalue weighted by molar-refractivity contribution is 5.48. The smallest absolute Gasteiger partial charge is 0.224 e. The van der Waals surface area contributed by atoms with Gasteiger partial charge in [0.15, 0.2) is 0 Å². The molecule has 0 aromatic carbocycles. The molecule has 1 heterocycles. The normalized spacial score (nSPS) is 15.1. The van der Waals surface area contributed by atoms with Gasteiger partial charge in [-0.3, -0.25) is 0 Å². The van der Waals surface area contributed by atoms with Gasteiger partial charge in [0.05, 0.1) is 0 Å². The molecule has 0 spiro atoms. The molecule has 4 heteroatoms. The molecule has 0 aliphatic heterocycles. The average Bonchev–Trinajstić information content (AvgIpc) is 3.02. The molecule has 1 N–H and O–H groups in total. The van der Waals surface area contributed by atoms with Crippen LogP contribution in [0.2, 0.25) is 0 Å². The molecule has 1 aliphatic rings. The first-order valence-corrected chi connectivity index (χ1v) is 5.43. The number of aryl methyl sites for hydroxylation is 1. The minimum Gasteiger partial charge on any atom is -0.359 e. The van der Waals surface area contributed by atoms with E-state index >= 15 is 0 Å². The molecule has 82 valence electrons. The molecule has 4 nitrogen and oxygen atoms in total. The lowest BCUT2D eigenvalue weighted by atomic mass is 10.3. The number of anilines is 2. The number of hydrogen-bond donors (Lipinski definition) is 1. The number of nitrogens with one attached hydrogen (secondary N) is 1. The molecule has 0 unspecified atom stereocenters. The number of aromatic nitrogens is 2. The summed E-state index contributed by atoms with van der Waals surface area (Å²) in [6.07, 6.45) is 4.61. The molecule has 1 saturated carbocycles. The molecule has 2 rings (SSSR count). The molecule has 1 aliphatic carbocycles. The van der Waals surface area contributed by atoms with Crippen molar-refractivity contribution in [2.24, 2.45) is 5.92 Å². The summed E-state index contributed by atoms with van der Waals surface area (Å²) in [6.45, 7) is 3.17. The van der Waals surface area contributed by atoms with E-state index in [1.165, 1.54) is 12.8 Å². The van der Waals surface area contributed by atoms with Crippen molar-refractivity contribution in [3.05, 3.63) is 11.8 Å².